The van der Waals surface area contributed by atoms with Crippen molar-refractivity contribution in [1.29, 1.82) is 0 Å². The first-order chi connectivity index (χ1) is 8.66. The molecule has 0 saturated carbocycles. The smallest absolute Gasteiger partial charge is 0.269 e. The summed E-state index contributed by atoms with van der Waals surface area (Å²) in [4.78, 5) is 18.2. The molecular weight excluding hydrogens is 316 g/mol. The van der Waals surface area contributed by atoms with Gasteiger partial charge in [0.25, 0.3) is 5.56 Å². The molecule has 0 radical (unpaired) electrons. The molecule has 0 unspecified atom stereocenters. The maximum Gasteiger partial charge on any atom is 0.269 e. The third-order valence-corrected chi connectivity index (χ3v) is 4.26. The zero-order valence-corrected chi connectivity index (χ0v) is 11.4. The Bertz CT molecular complexity index is 794. The average molecular weight is 323 g/mol. The van der Waals surface area contributed by atoms with Crippen LogP contribution in [0.2, 0.25) is 0 Å². The van der Waals surface area contributed by atoms with Gasteiger partial charge in [-0.05, 0) is 22.0 Å². The second-order valence-corrected chi connectivity index (χ2v) is 5.40. The van der Waals surface area contributed by atoms with Gasteiger partial charge in [-0.25, -0.2) is 0 Å². The molecular formula is C12H7BrN2O2S. The Labute approximate surface area is 114 Å². The number of halogens is 1. The summed E-state index contributed by atoms with van der Waals surface area (Å²) in [6.45, 7) is 0. The van der Waals surface area contributed by atoms with Gasteiger partial charge in [-0.2, -0.15) is 4.98 Å². The van der Waals surface area contributed by atoms with Crippen molar-refractivity contribution in [3.8, 4) is 17.3 Å². The molecule has 0 saturated heterocycles. The van der Waals surface area contributed by atoms with Gasteiger partial charge in [0.05, 0.1) is 0 Å². The van der Waals surface area contributed by atoms with Gasteiger partial charge in [0.2, 0.25) is 5.88 Å². The van der Waals surface area contributed by atoms with Crippen molar-refractivity contribution in [2.24, 2.45) is 0 Å². The molecule has 1 aromatic carbocycles. The summed E-state index contributed by atoms with van der Waals surface area (Å²) in [5, 5.41) is 12.5. The maximum atomic E-state index is 11.6. The zero-order valence-electron chi connectivity index (χ0n) is 8.98. The highest BCUT2D eigenvalue weighted by Crippen LogP contribution is 2.32. The number of nitrogens with zero attached hydrogens (tertiary/aromatic N) is 1. The third-order valence-electron chi connectivity index (χ3n) is 2.58. The molecule has 0 amide bonds. The number of rotatable bonds is 1. The Hall–Kier alpha value is -1.66. The minimum atomic E-state index is -0.396. The summed E-state index contributed by atoms with van der Waals surface area (Å²) in [6.07, 6.45) is 0. The SMILES string of the molecule is O=c1[nH]c(-c2csc3ccccc23)nc(O)c1Br. The second kappa shape index (κ2) is 4.22. The van der Waals surface area contributed by atoms with Crippen LogP contribution in [0, 0.1) is 0 Å². The fraction of sp³-hybridized carbons (Fsp3) is 0. The molecule has 6 heteroatoms. The van der Waals surface area contributed by atoms with Crippen molar-refractivity contribution in [3.05, 3.63) is 44.5 Å². The summed E-state index contributed by atoms with van der Waals surface area (Å²) in [5.74, 6) is 0.0715. The molecule has 0 aliphatic rings. The Kier molecular flexibility index (Phi) is 2.68. The van der Waals surface area contributed by atoms with Gasteiger partial charge in [0, 0.05) is 21.0 Å². The van der Waals surface area contributed by atoms with Crippen LogP contribution in [0.1, 0.15) is 0 Å². The van der Waals surface area contributed by atoms with E-state index < -0.39 is 5.56 Å². The normalized spacial score (nSPS) is 10.9. The minimum Gasteiger partial charge on any atom is -0.492 e. The van der Waals surface area contributed by atoms with E-state index in [2.05, 4.69) is 25.9 Å². The molecule has 0 atom stereocenters. The van der Waals surface area contributed by atoms with Gasteiger partial charge >= 0.3 is 0 Å². The molecule has 3 rings (SSSR count). The first kappa shape index (κ1) is 11.4. The van der Waals surface area contributed by atoms with Crippen LogP contribution in [0.5, 0.6) is 5.88 Å². The van der Waals surface area contributed by atoms with E-state index in [0.29, 0.717) is 5.82 Å². The number of nitrogens with one attached hydrogen (secondary N) is 1. The first-order valence-corrected chi connectivity index (χ1v) is 6.79. The van der Waals surface area contributed by atoms with Crippen molar-refractivity contribution < 1.29 is 5.11 Å². The summed E-state index contributed by atoms with van der Waals surface area (Å²) < 4.78 is 1.16. The van der Waals surface area contributed by atoms with E-state index in [4.69, 9.17) is 0 Å². The van der Waals surface area contributed by atoms with Crippen molar-refractivity contribution in [2.75, 3.05) is 0 Å². The minimum absolute atomic E-state index is 0.0470. The van der Waals surface area contributed by atoms with Gasteiger partial charge in [0.15, 0.2) is 0 Å². The summed E-state index contributed by atoms with van der Waals surface area (Å²) in [5.41, 5.74) is 0.420. The van der Waals surface area contributed by atoms with Gasteiger partial charge in [0.1, 0.15) is 10.3 Å². The fourth-order valence-electron chi connectivity index (χ4n) is 1.74. The van der Waals surface area contributed by atoms with Crippen LogP contribution in [-0.4, -0.2) is 15.1 Å². The number of benzene rings is 1. The van der Waals surface area contributed by atoms with E-state index >= 15 is 0 Å². The fourth-order valence-corrected chi connectivity index (χ4v) is 2.87. The first-order valence-electron chi connectivity index (χ1n) is 5.12. The van der Waals surface area contributed by atoms with Gasteiger partial charge < -0.3 is 10.1 Å². The van der Waals surface area contributed by atoms with E-state index in [1.165, 1.54) is 0 Å². The Morgan fingerprint density at radius 2 is 2.11 bits per heavy atom. The summed E-state index contributed by atoms with van der Waals surface area (Å²) >= 11 is 4.54. The predicted molar refractivity (Wildman–Crippen MR) is 75.0 cm³/mol. The largest absolute Gasteiger partial charge is 0.492 e. The Balaban J connectivity index is 2.30. The van der Waals surface area contributed by atoms with Gasteiger partial charge in [-0.15, -0.1) is 11.3 Å². The van der Waals surface area contributed by atoms with Crippen LogP contribution in [0.25, 0.3) is 21.5 Å². The van der Waals surface area contributed by atoms with Crippen molar-refractivity contribution >= 4 is 37.4 Å². The average Bonchev–Trinajstić information content (AvgIpc) is 2.79. The highest BCUT2D eigenvalue weighted by Gasteiger charge is 2.12. The molecule has 0 fully saturated rings. The number of H-pyrrole nitrogens is 1. The zero-order chi connectivity index (χ0) is 12.7. The van der Waals surface area contributed by atoms with Crippen LogP contribution < -0.4 is 5.56 Å². The molecule has 0 aliphatic heterocycles. The molecule has 2 heterocycles. The van der Waals surface area contributed by atoms with Crippen LogP contribution in [0.3, 0.4) is 0 Å². The Morgan fingerprint density at radius 3 is 2.89 bits per heavy atom. The molecule has 4 nitrogen and oxygen atoms in total. The molecule has 0 bridgehead atoms. The number of hydrogen-bond acceptors (Lipinski definition) is 4. The molecule has 2 N–H and O–H groups in total. The lowest BCUT2D eigenvalue weighted by Gasteiger charge is -2.01. The summed E-state index contributed by atoms with van der Waals surface area (Å²) in [7, 11) is 0. The second-order valence-electron chi connectivity index (χ2n) is 3.70. The van der Waals surface area contributed by atoms with E-state index in [-0.39, 0.29) is 10.4 Å². The molecule has 18 heavy (non-hydrogen) atoms. The maximum absolute atomic E-state index is 11.6. The van der Waals surface area contributed by atoms with Crippen LogP contribution in [0.15, 0.2) is 38.9 Å². The van der Waals surface area contributed by atoms with Crippen LogP contribution >= 0.6 is 27.3 Å². The molecule has 2 aromatic heterocycles. The van der Waals surface area contributed by atoms with Crippen LogP contribution in [0.4, 0.5) is 0 Å². The number of aromatic nitrogens is 2. The quantitative estimate of drug-likeness (QED) is 0.723. The molecule has 3 aromatic rings. The lowest BCUT2D eigenvalue weighted by atomic mass is 10.1. The molecule has 0 aliphatic carbocycles. The number of hydrogen-bond donors (Lipinski definition) is 2. The summed E-state index contributed by atoms with van der Waals surface area (Å²) in [6, 6.07) is 7.84. The predicted octanol–water partition coefficient (Wildman–Crippen LogP) is 3.12. The van der Waals surface area contributed by atoms with Gasteiger partial charge in [-0.1, -0.05) is 18.2 Å². The van der Waals surface area contributed by atoms with E-state index in [0.717, 1.165) is 15.6 Å². The highest BCUT2D eigenvalue weighted by atomic mass is 79.9. The lowest BCUT2D eigenvalue weighted by molar-refractivity contribution is 0.448. The van der Waals surface area contributed by atoms with Crippen LogP contribution in [-0.2, 0) is 0 Å². The van der Waals surface area contributed by atoms with Gasteiger partial charge in [-0.3, -0.25) is 4.79 Å². The van der Waals surface area contributed by atoms with Crippen molar-refractivity contribution in [2.45, 2.75) is 0 Å². The van der Waals surface area contributed by atoms with E-state index in [9.17, 15) is 9.90 Å². The monoisotopic (exact) mass is 322 g/mol. The lowest BCUT2D eigenvalue weighted by Crippen LogP contribution is -2.09. The van der Waals surface area contributed by atoms with Crippen molar-refractivity contribution in [1.82, 2.24) is 9.97 Å². The number of thiophene rings is 1. The standard InChI is InChI=1S/C12H7BrN2O2S/c13-9-11(16)14-10(15-12(9)17)7-5-18-8-4-2-1-3-6(7)8/h1-5H,(H2,14,15,16,17). The third kappa shape index (κ3) is 1.74. The molecule has 0 spiro atoms. The van der Waals surface area contributed by atoms with E-state index in [1.807, 2.05) is 29.6 Å². The van der Waals surface area contributed by atoms with E-state index in [1.54, 1.807) is 11.3 Å². The molecule has 90 valence electrons. The topological polar surface area (TPSA) is 66.0 Å². The van der Waals surface area contributed by atoms with Crippen molar-refractivity contribution in [3.63, 3.8) is 0 Å². The highest BCUT2D eigenvalue weighted by molar-refractivity contribution is 9.10. The number of fused-ring (bicyclic) bond motifs is 1. The number of aromatic hydroxyl groups is 1. The number of aromatic amines is 1. The Morgan fingerprint density at radius 1 is 1.33 bits per heavy atom.